The second kappa shape index (κ2) is 9.25. The van der Waals surface area contributed by atoms with E-state index in [-0.39, 0.29) is 5.97 Å². The number of benzene rings is 2. The third-order valence-corrected chi connectivity index (χ3v) is 7.55. The van der Waals surface area contributed by atoms with Gasteiger partial charge >= 0.3 is 5.97 Å². The zero-order chi connectivity index (χ0) is 21.9. The van der Waals surface area contributed by atoms with Crippen LogP contribution >= 0.6 is 11.3 Å². The fraction of sp³-hybridized carbons (Fsp3) is 0.286. The lowest BCUT2D eigenvalue weighted by Gasteiger charge is -2.09. The lowest BCUT2D eigenvalue weighted by atomic mass is 9.99. The minimum Gasteiger partial charge on any atom is -0.318 e. The van der Waals surface area contributed by atoms with Gasteiger partial charge in [0.05, 0.1) is 10.6 Å². The first-order valence-electron chi connectivity index (χ1n) is 11.4. The Hall–Kier alpha value is -2.98. The summed E-state index contributed by atoms with van der Waals surface area (Å²) in [5.74, 6) is 0.395. The molecule has 0 aliphatic heterocycles. The fourth-order valence-electron chi connectivity index (χ4n) is 4.91. The van der Waals surface area contributed by atoms with Crippen molar-refractivity contribution < 1.29 is 9.63 Å². The average Bonchev–Trinajstić information content (AvgIpc) is 3.55. The third-order valence-electron chi connectivity index (χ3n) is 6.47. The molecular weight excluding hydrogens is 414 g/mol. The molecule has 0 unspecified atom stereocenters. The van der Waals surface area contributed by atoms with Gasteiger partial charge in [0.2, 0.25) is 0 Å². The summed E-state index contributed by atoms with van der Waals surface area (Å²) in [6.07, 6.45) is 9.51. The number of oxime groups is 1. The van der Waals surface area contributed by atoms with Gasteiger partial charge in [-0.25, -0.2) is 4.79 Å². The molecule has 162 valence electrons. The van der Waals surface area contributed by atoms with Crippen molar-refractivity contribution in [2.75, 3.05) is 0 Å². The summed E-state index contributed by atoms with van der Waals surface area (Å²) < 4.78 is 0. The molecule has 0 radical (unpaired) electrons. The Labute approximate surface area is 193 Å². The first kappa shape index (κ1) is 20.9. The van der Waals surface area contributed by atoms with Crippen molar-refractivity contribution in [1.29, 1.82) is 0 Å². The second-order valence-electron chi connectivity index (χ2n) is 8.66. The first-order chi connectivity index (χ1) is 15.7. The van der Waals surface area contributed by atoms with Crippen molar-refractivity contribution in [2.45, 2.75) is 45.4 Å². The summed E-state index contributed by atoms with van der Waals surface area (Å²) in [4.78, 5) is 18.7. The first-order valence-corrected chi connectivity index (χ1v) is 12.3. The highest BCUT2D eigenvalue weighted by molar-refractivity contribution is 7.15. The number of hydrogen-bond acceptors (Lipinski definition) is 4. The Morgan fingerprint density at radius 3 is 2.22 bits per heavy atom. The predicted octanol–water partition coefficient (Wildman–Crippen LogP) is 7.56. The van der Waals surface area contributed by atoms with E-state index in [4.69, 9.17) is 4.84 Å². The smallest absolute Gasteiger partial charge is 0.318 e. The van der Waals surface area contributed by atoms with Crippen LogP contribution in [0, 0.1) is 5.92 Å². The molecule has 0 saturated heterocycles. The summed E-state index contributed by atoms with van der Waals surface area (Å²) in [5.41, 5.74) is 7.28. The molecule has 1 heterocycles. The van der Waals surface area contributed by atoms with Crippen molar-refractivity contribution in [2.24, 2.45) is 11.1 Å². The van der Waals surface area contributed by atoms with Gasteiger partial charge in [-0.15, -0.1) is 11.3 Å². The van der Waals surface area contributed by atoms with Crippen LogP contribution in [0.4, 0.5) is 0 Å². The largest absolute Gasteiger partial charge is 0.331 e. The molecule has 0 spiro atoms. The van der Waals surface area contributed by atoms with E-state index in [0.717, 1.165) is 29.3 Å². The number of fused-ring (bicyclic) bond motifs is 3. The molecule has 0 bridgehead atoms. The molecule has 0 atom stereocenters. The van der Waals surface area contributed by atoms with E-state index in [2.05, 4.69) is 71.9 Å². The Bertz CT molecular complexity index is 1150. The summed E-state index contributed by atoms with van der Waals surface area (Å²) in [6.45, 7) is 1.40. The average molecular weight is 442 g/mol. The van der Waals surface area contributed by atoms with Crippen LogP contribution in [-0.2, 0) is 9.63 Å². The molecule has 3 aromatic rings. The molecule has 3 nitrogen and oxygen atoms in total. The lowest BCUT2D eigenvalue weighted by molar-refractivity contribution is -0.140. The number of carbonyl (C=O) groups is 1. The van der Waals surface area contributed by atoms with E-state index in [1.165, 1.54) is 65.3 Å². The number of hydrogen-bond donors (Lipinski definition) is 0. The van der Waals surface area contributed by atoms with Crippen molar-refractivity contribution in [3.63, 3.8) is 0 Å². The Morgan fingerprint density at radius 2 is 1.59 bits per heavy atom. The van der Waals surface area contributed by atoms with Gasteiger partial charge in [0.15, 0.2) is 0 Å². The van der Waals surface area contributed by atoms with Crippen LogP contribution < -0.4 is 0 Å². The maximum absolute atomic E-state index is 11.4. The Morgan fingerprint density at radius 1 is 0.969 bits per heavy atom. The molecule has 2 aliphatic rings. The van der Waals surface area contributed by atoms with Crippen molar-refractivity contribution in [1.82, 2.24) is 0 Å². The van der Waals surface area contributed by atoms with Crippen LogP contribution in [0.5, 0.6) is 0 Å². The molecule has 5 rings (SSSR count). The molecule has 2 aromatic carbocycles. The topological polar surface area (TPSA) is 38.7 Å². The SMILES string of the molecule is CC(=O)O/N=C(\CCC1CCCC1)c1ccc(C=C2c3ccccc3-c3ccccc32)s1. The van der Waals surface area contributed by atoms with Crippen molar-refractivity contribution in [3.8, 4) is 11.1 Å². The molecule has 0 amide bonds. The lowest BCUT2D eigenvalue weighted by Crippen LogP contribution is -2.05. The monoisotopic (exact) mass is 441 g/mol. The summed E-state index contributed by atoms with van der Waals surface area (Å²) in [7, 11) is 0. The van der Waals surface area contributed by atoms with Crippen LogP contribution in [-0.4, -0.2) is 11.7 Å². The van der Waals surface area contributed by atoms with Crippen LogP contribution in [0.15, 0.2) is 65.8 Å². The second-order valence-corrected chi connectivity index (χ2v) is 9.78. The zero-order valence-corrected chi connectivity index (χ0v) is 19.2. The fourth-order valence-corrected chi connectivity index (χ4v) is 5.87. The Balaban J connectivity index is 1.44. The summed E-state index contributed by atoms with van der Waals surface area (Å²) in [6, 6.07) is 21.5. The highest BCUT2D eigenvalue weighted by Crippen LogP contribution is 2.45. The number of rotatable bonds is 6. The quantitative estimate of drug-likeness (QED) is 0.176. The molecule has 1 aromatic heterocycles. The van der Waals surface area contributed by atoms with Crippen LogP contribution in [0.3, 0.4) is 0 Å². The van der Waals surface area contributed by atoms with Gasteiger partial charge in [-0.3, -0.25) is 0 Å². The summed E-state index contributed by atoms with van der Waals surface area (Å²) >= 11 is 1.71. The van der Waals surface area contributed by atoms with Crippen molar-refractivity contribution in [3.05, 3.63) is 81.5 Å². The van der Waals surface area contributed by atoms with Crippen LogP contribution in [0.1, 0.15) is 66.3 Å². The van der Waals surface area contributed by atoms with Gasteiger partial charge in [0.25, 0.3) is 0 Å². The van der Waals surface area contributed by atoms with E-state index in [1.54, 1.807) is 11.3 Å². The maximum Gasteiger partial charge on any atom is 0.331 e. The molecule has 1 fully saturated rings. The van der Waals surface area contributed by atoms with Crippen LogP contribution in [0.2, 0.25) is 0 Å². The maximum atomic E-state index is 11.4. The summed E-state index contributed by atoms with van der Waals surface area (Å²) in [5, 5.41) is 4.23. The molecule has 4 heteroatoms. The zero-order valence-electron chi connectivity index (χ0n) is 18.3. The molecule has 0 N–H and O–H groups in total. The number of nitrogens with zero attached hydrogens (tertiary/aromatic N) is 1. The highest BCUT2D eigenvalue weighted by atomic mass is 32.1. The highest BCUT2D eigenvalue weighted by Gasteiger charge is 2.23. The molecule has 2 aliphatic carbocycles. The third kappa shape index (κ3) is 4.33. The predicted molar refractivity (Wildman–Crippen MR) is 133 cm³/mol. The van der Waals surface area contributed by atoms with Crippen LogP contribution in [0.25, 0.3) is 22.8 Å². The van der Waals surface area contributed by atoms with E-state index in [0.29, 0.717) is 0 Å². The number of carbonyl (C=O) groups excluding carboxylic acids is 1. The van der Waals surface area contributed by atoms with E-state index < -0.39 is 0 Å². The molecule has 32 heavy (non-hydrogen) atoms. The van der Waals surface area contributed by atoms with Crippen molar-refractivity contribution >= 4 is 34.7 Å². The number of thiophene rings is 1. The van der Waals surface area contributed by atoms with Gasteiger partial charge in [0.1, 0.15) is 0 Å². The van der Waals surface area contributed by atoms with Gasteiger partial charge in [-0.05, 0) is 64.8 Å². The van der Waals surface area contributed by atoms with E-state index >= 15 is 0 Å². The minimum atomic E-state index is -0.374. The minimum absolute atomic E-state index is 0.374. The standard InChI is InChI=1S/C28H27NO2S/c1-19(30)31-29-27(16-14-20-8-2-3-9-20)28-17-15-21(32-28)18-26-24-12-6-4-10-22(24)23-11-5-7-13-25(23)26/h4-7,10-13,15,17-18,20H,2-3,8-9,14,16H2,1H3/b29-27+. The normalized spacial score (nSPS) is 15.5. The van der Waals surface area contributed by atoms with Gasteiger partial charge in [0, 0.05) is 11.8 Å². The molecule has 1 saturated carbocycles. The van der Waals surface area contributed by atoms with Gasteiger partial charge in [-0.1, -0.05) is 79.4 Å². The molecular formula is C28H27NO2S. The van der Waals surface area contributed by atoms with Gasteiger partial charge in [-0.2, -0.15) is 0 Å². The Kier molecular flexibility index (Phi) is 6.04. The van der Waals surface area contributed by atoms with E-state index in [1.807, 2.05) is 0 Å². The van der Waals surface area contributed by atoms with Gasteiger partial charge < -0.3 is 4.84 Å². The van der Waals surface area contributed by atoms with E-state index in [9.17, 15) is 4.79 Å².